The highest BCUT2D eigenvalue weighted by Crippen LogP contribution is 2.52. The molecule has 4 aromatic rings. The number of hydrogen-bond acceptors (Lipinski definition) is 5. The van der Waals surface area contributed by atoms with Crippen molar-refractivity contribution in [2.45, 2.75) is 52.7 Å². The van der Waals surface area contributed by atoms with Crippen LogP contribution in [0.5, 0.6) is 5.75 Å². The molecule has 1 aliphatic rings. The lowest BCUT2D eigenvalue weighted by molar-refractivity contribution is 0.0285. The average Bonchev–Trinajstić information content (AvgIpc) is 3.62. The second-order valence-corrected chi connectivity index (χ2v) is 10.5. The molecule has 1 atom stereocenters. The number of rotatable bonds is 9. The summed E-state index contributed by atoms with van der Waals surface area (Å²) in [5, 5.41) is 15.8. The number of imidazole rings is 1. The normalized spacial score (nSPS) is 14.9. The molecule has 0 aliphatic heterocycles. The van der Waals surface area contributed by atoms with E-state index in [1.807, 2.05) is 18.4 Å². The van der Waals surface area contributed by atoms with Crippen molar-refractivity contribution in [3.05, 3.63) is 70.9 Å². The number of aliphatic hydroxyl groups excluding tert-OH is 1. The minimum atomic E-state index is -1.04. The number of ether oxygens (including phenoxy) is 1. The molecule has 0 amide bonds. The molecule has 1 aliphatic carbocycles. The molecule has 0 saturated heterocycles. The molecule has 0 radical (unpaired) electrons. The average molecular weight is 510 g/mol. The number of halogens is 2. The van der Waals surface area contributed by atoms with E-state index in [0.29, 0.717) is 41.4 Å². The number of fused-ring (bicyclic) bond motifs is 1. The number of aromatic nitrogens is 4. The Hall–Kier alpha value is -3.30. The fourth-order valence-electron chi connectivity index (χ4n) is 5.11. The van der Waals surface area contributed by atoms with Crippen LogP contribution in [-0.2, 0) is 20.0 Å². The van der Waals surface area contributed by atoms with E-state index in [4.69, 9.17) is 10.5 Å². The van der Waals surface area contributed by atoms with Crippen LogP contribution >= 0.6 is 0 Å². The standard InChI is InChI=1S/C28H33F2N5O2/c1-16-20(25(33-34(16)4)27(36)28(2,3)18-6-7-18)11-12-37-26-21(8-9-22(29)24(26)30)17-5-10-23-32-14-19(13-31)35(23)15-17/h5,8-10,14-15,18,27,36H,6-7,11-13,31H2,1-4H3. The molecule has 196 valence electrons. The van der Waals surface area contributed by atoms with Crippen LogP contribution < -0.4 is 10.5 Å². The minimum absolute atomic E-state index is 0.0881. The molecule has 1 fully saturated rings. The first-order valence-electron chi connectivity index (χ1n) is 12.6. The highest BCUT2D eigenvalue weighted by Gasteiger charge is 2.45. The van der Waals surface area contributed by atoms with Gasteiger partial charge in [0.15, 0.2) is 11.6 Å². The first kappa shape index (κ1) is 25.4. The molecule has 7 nitrogen and oxygen atoms in total. The Morgan fingerprint density at radius 3 is 2.68 bits per heavy atom. The summed E-state index contributed by atoms with van der Waals surface area (Å²) in [4.78, 5) is 4.32. The van der Waals surface area contributed by atoms with E-state index in [1.54, 1.807) is 29.2 Å². The Balaban J connectivity index is 1.43. The van der Waals surface area contributed by atoms with Crippen molar-refractivity contribution in [3.63, 3.8) is 0 Å². The van der Waals surface area contributed by atoms with Crippen LogP contribution in [0.15, 0.2) is 36.7 Å². The molecular formula is C28H33F2N5O2. The van der Waals surface area contributed by atoms with E-state index >= 15 is 4.39 Å². The van der Waals surface area contributed by atoms with E-state index < -0.39 is 17.7 Å². The Bertz CT molecular complexity index is 1450. The Morgan fingerprint density at radius 1 is 1.22 bits per heavy atom. The summed E-state index contributed by atoms with van der Waals surface area (Å²) < 4.78 is 38.8. The molecular weight excluding hydrogens is 476 g/mol. The lowest BCUT2D eigenvalue weighted by atomic mass is 9.79. The van der Waals surface area contributed by atoms with E-state index in [9.17, 15) is 9.50 Å². The maximum absolute atomic E-state index is 15.0. The maximum atomic E-state index is 15.0. The highest BCUT2D eigenvalue weighted by molar-refractivity contribution is 5.71. The van der Waals surface area contributed by atoms with Crippen molar-refractivity contribution in [1.82, 2.24) is 19.2 Å². The van der Waals surface area contributed by atoms with Gasteiger partial charge in [-0.3, -0.25) is 4.68 Å². The monoisotopic (exact) mass is 509 g/mol. The van der Waals surface area contributed by atoms with Gasteiger partial charge in [0.2, 0.25) is 5.82 Å². The van der Waals surface area contributed by atoms with Gasteiger partial charge in [-0.15, -0.1) is 0 Å². The SMILES string of the molecule is Cc1c(CCOc2c(-c3ccc4ncc(CN)n4c3)ccc(F)c2F)c(C(O)C(C)(C)C2CC2)nn1C. The first-order chi connectivity index (χ1) is 17.6. The summed E-state index contributed by atoms with van der Waals surface area (Å²) in [5.41, 5.74) is 10.5. The number of nitrogens with zero attached hydrogens (tertiary/aromatic N) is 4. The quantitative estimate of drug-likeness (QED) is 0.336. The van der Waals surface area contributed by atoms with Crippen LogP contribution in [0.3, 0.4) is 0 Å². The van der Waals surface area contributed by atoms with Gasteiger partial charge < -0.3 is 20.0 Å². The van der Waals surface area contributed by atoms with Crippen LogP contribution in [0.2, 0.25) is 0 Å². The van der Waals surface area contributed by atoms with E-state index in [-0.39, 0.29) is 17.8 Å². The van der Waals surface area contributed by atoms with Crippen molar-refractivity contribution in [1.29, 1.82) is 0 Å². The number of hydrogen-bond donors (Lipinski definition) is 2. The van der Waals surface area contributed by atoms with Crippen LogP contribution in [0, 0.1) is 29.9 Å². The van der Waals surface area contributed by atoms with Gasteiger partial charge in [-0.2, -0.15) is 9.49 Å². The smallest absolute Gasteiger partial charge is 0.201 e. The molecule has 5 rings (SSSR count). The number of aliphatic hydroxyl groups is 1. The summed E-state index contributed by atoms with van der Waals surface area (Å²) in [7, 11) is 1.84. The summed E-state index contributed by atoms with van der Waals surface area (Å²) in [5.74, 6) is -1.72. The molecule has 37 heavy (non-hydrogen) atoms. The van der Waals surface area contributed by atoms with Crippen molar-refractivity contribution >= 4 is 5.65 Å². The molecule has 0 bridgehead atoms. The van der Waals surface area contributed by atoms with Crippen LogP contribution in [-0.4, -0.2) is 30.9 Å². The summed E-state index contributed by atoms with van der Waals surface area (Å²) in [6, 6.07) is 6.20. The molecule has 3 N–H and O–H groups in total. The lowest BCUT2D eigenvalue weighted by Gasteiger charge is -2.30. The first-order valence-corrected chi connectivity index (χ1v) is 12.6. The Labute approximate surface area is 214 Å². The van der Waals surface area contributed by atoms with E-state index in [1.165, 1.54) is 6.07 Å². The molecule has 1 saturated carbocycles. The fraction of sp³-hybridized carbons (Fsp3) is 0.429. The molecule has 0 spiro atoms. The van der Waals surface area contributed by atoms with Gasteiger partial charge in [0.1, 0.15) is 11.8 Å². The van der Waals surface area contributed by atoms with E-state index in [2.05, 4.69) is 23.9 Å². The highest BCUT2D eigenvalue weighted by atomic mass is 19.2. The molecule has 3 aromatic heterocycles. The fourth-order valence-corrected chi connectivity index (χ4v) is 5.11. The summed E-state index contributed by atoms with van der Waals surface area (Å²) >= 11 is 0. The maximum Gasteiger partial charge on any atom is 0.201 e. The summed E-state index contributed by atoms with van der Waals surface area (Å²) in [6.45, 7) is 6.46. The van der Waals surface area contributed by atoms with Crippen molar-refractivity contribution in [2.24, 2.45) is 24.1 Å². The third-order valence-corrected chi connectivity index (χ3v) is 7.83. The third kappa shape index (κ3) is 4.51. The lowest BCUT2D eigenvalue weighted by Crippen LogP contribution is -2.26. The predicted molar refractivity (Wildman–Crippen MR) is 137 cm³/mol. The topological polar surface area (TPSA) is 90.6 Å². The van der Waals surface area contributed by atoms with Gasteiger partial charge in [-0.1, -0.05) is 13.8 Å². The van der Waals surface area contributed by atoms with Crippen LogP contribution in [0.4, 0.5) is 8.78 Å². The van der Waals surface area contributed by atoms with Crippen LogP contribution in [0.1, 0.15) is 55.4 Å². The van der Waals surface area contributed by atoms with Crippen LogP contribution in [0.25, 0.3) is 16.8 Å². The molecule has 1 aromatic carbocycles. The molecule has 9 heteroatoms. The zero-order valence-electron chi connectivity index (χ0n) is 21.6. The second kappa shape index (κ2) is 9.54. The van der Waals surface area contributed by atoms with Gasteiger partial charge in [0.05, 0.1) is 24.2 Å². The Morgan fingerprint density at radius 2 is 1.97 bits per heavy atom. The largest absolute Gasteiger partial charge is 0.489 e. The summed E-state index contributed by atoms with van der Waals surface area (Å²) in [6.07, 6.45) is 5.36. The van der Waals surface area contributed by atoms with Crippen molar-refractivity contribution < 1.29 is 18.6 Å². The number of aryl methyl sites for hydroxylation is 1. The zero-order valence-corrected chi connectivity index (χ0v) is 21.6. The molecule has 3 heterocycles. The van der Waals surface area contributed by atoms with Crippen molar-refractivity contribution in [2.75, 3.05) is 6.61 Å². The molecule has 1 unspecified atom stereocenters. The van der Waals surface area contributed by atoms with Gasteiger partial charge in [-0.05, 0) is 55.4 Å². The Kier molecular flexibility index (Phi) is 6.53. The third-order valence-electron chi connectivity index (χ3n) is 7.83. The van der Waals surface area contributed by atoms with Gasteiger partial charge >= 0.3 is 0 Å². The van der Waals surface area contributed by atoms with Gasteiger partial charge in [0.25, 0.3) is 0 Å². The number of benzene rings is 1. The van der Waals surface area contributed by atoms with Crippen molar-refractivity contribution in [3.8, 4) is 16.9 Å². The number of pyridine rings is 1. The zero-order chi connectivity index (χ0) is 26.5. The van der Waals surface area contributed by atoms with E-state index in [0.717, 1.165) is 35.9 Å². The number of nitrogens with two attached hydrogens (primary N) is 1. The predicted octanol–water partition coefficient (Wildman–Crippen LogP) is 4.87. The van der Waals surface area contributed by atoms with Gasteiger partial charge in [0, 0.05) is 48.6 Å². The van der Waals surface area contributed by atoms with Gasteiger partial charge in [-0.25, -0.2) is 9.37 Å². The second-order valence-electron chi connectivity index (χ2n) is 10.5. The minimum Gasteiger partial charge on any atom is -0.489 e.